The van der Waals surface area contributed by atoms with Crippen LogP contribution in [0.4, 0.5) is 10.5 Å². The second-order valence-corrected chi connectivity index (χ2v) is 8.32. The summed E-state index contributed by atoms with van der Waals surface area (Å²) in [5.74, 6) is 1.02. The molecule has 5 rings (SSSR count). The fourth-order valence-corrected chi connectivity index (χ4v) is 3.90. The Morgan fingerprint density at radius 1 is 1.25 bits per heavy atom. The number of hydrogen-bond acceptors (Lipinski definition) is 9. The monoisotopic (exact) mass is 492 g/mol. The molecule has 1 aromatic carbocycles. The van der Waals surface area contributed by atoms with Gasteiger partial charge < -0.3 is 29.3 Å². The standard InChI is InChI=1S/C24H24N6O6/c1-14-3-4-15(21-27-23(36-28-21)16-12-29(13-16)24(33)34-2)9-18(14)26-22(32)19-11-25-20-10-17(35-8-7-31)5-6-30(19)20/h3-6,9-11,16,31H,7-8,12-13H2,1-2H3,(H,26,32). The maximum atomic E-state index is 13.1. The lowest BCUT2D eigenvalue weighted by Gasteiger charge is -2.35. The quantitative estimate of drug-likeness (QED) is 0.397. The van der Waals surface area contributed by atoms with Gasteiger partial charge in [0.15, 0.2) is 0 Å². The fraction of sp³-hybridized carbons (Fsp3) is 0.292. The zero-order valence-electron chi connectivity index (χ0n) is 19.7. The molecule has 0 aliphatic carbocycles. The number of benzene rings is 1. The Hall–Kier alpha value is -4.45. The van der Waals surface area contributed by atoms with E-state index in [2.05, 4.69) is 20.4 Å². The van der Waals surface area contributed by atoms with Gasteiger partial charge in [-0.25, -0.2) is 9.78 Å². The van der Waals surface area contributed by atoms with Gasteiger partial charge in [0.25, 0.3) is 5.91 Å². The molecular weight excluding hydrogens is 468 g/mol. The topological polar surface area (TPSA) is 144 Å². The van der Waals surface area contributed by atoms with Crippen LogP contribution in [0.15, 0.2) is 47.2 Å². The Bertz CT molecular complexity index is 1420. The highest BCUT2D eigenvalue weighted by molar-refractivity contribution is 6.04. The first-order valence-electron chi connectivity index (χ1n) is 11.3. The van der Waals surface area contributed by atoms with Crippen LogP contribution in [0.25, 0.3) is 17.0 Å². The van der Waals surface area contributed by atoms with Crippen molar-refractivity contribution in [1.82, 2.24) is 24.4 Å². The normalized spacial score (nSPS) is 13.5. The van der Waals surface area contributed by atoms with E-state index in [1.54, 1.807) is 33.7 Å². The average molecular weight is 492 g/mol. The molecule has 1 fully saturated rings. The van der Waals surface area contributed by atoms with Gasteiger partial charge in [-0.1, -0.05) is 17.3 Å². The van der Waals surface area contributed by atoms with Gasteiger partial charge in [0, 0.05) is 36.6 Å². The number of fused-ring (bicyclic) bond motifs is 1. The number of imidazole rings is 1. The molecular formula is C24H24N6O6. The lowest BCUT2D eigenvalue weighted by Crippen LogP contribution is -2.48. The number of nitrogens with one attached hydrogen (secondary N) is 1. The number of likely N-dealkylation sites (tertiary alicyclic amines) is 1. The predicted molar refractivity (Wildman–Crippen MR) is 127 cm³/mol. The lowest BCUT2D eigenvalue weighted by molar-refractivity contribution is 0.0804. The number of anilines is 1. The number of aromatic nitrogens is 4. The van der Waals surface area contributed by atoms with Crippen molar-refractivity contribution >= 4 is 23.3 Å². The highest BCUT2D eigenvalue weighted by atomic mass is 16.5. The molecule has 0 bridgehead atoms. The Labute approximate surface area is 205 Å². The summed E-state index contributed by atoms with van der Waals surface area (Å²) in [6.45, 7) is 2.88. The van der Waals surface area contributed by atoms with Crippen LogP contribution in [-0.2, 0) is 4.74 Å². The van der Waals surface area contributed by atoms with E-state index in [1.807, 2.05) is 19.1 Å². The summed E-state index contributed by atoms with van der Waals surface area (Å²) in [6.07, 6.45) is 2.79. The molecule has 1 aliphatic heterocycles. The minimum Gasteiger partial charge on any atom is -0.491 e. The molecule has 186 valence electrons. The number of hydrogen-bond donors (Lipinski definition) is 2. The van der Waals surface area contributed by atoms with E-state index >= 15 is 0 Å². The molecule has 4 heterocycles. The van der Waals surface area contributed by atoms with E-state index in [9.17, 15) is 9.59 Å². The van der Waals surface area contributed by atoms with Crippen molar-refractivity contribution in [3.63, 3.8) is 0 Å². The summed E-state index contributed by atoms with van der Waals surface area (Å²) < 4.78 is 17.2. The molecule has 0 unspecified atom stereocenters. The number of carbonyl (C=O) groups is 2. The molecule has 12 heteroatoms. The molecule has 0 spiro atoms. The number of carbonyl (C=O) groups excluding carboxylic acids is 2. The van der Waals surface area contributed by atoms with Gasteiger partial charge in [-0.2, -0.15) is 4.98 Å². The van der Waals surface area contributed by atoms with Crippen molar-refractivity contribution in [3.05, 3.63) is 59.9 Å². The second-order valence-electron chi connectivity index (χ2n) is 8.32. The second kappa shape index (κ2) is 9.66. The highest BCUT2D eigenvalue weighted by Gasteiger charge is 2.36. The number of ether oxygens (including phenoxy) is 2. The van der Waals surface area contributed by atoms with Gasteiger partial charge in [0.05, 0.1) is 25.8 Å². The first-order valence-corrected chi connectivity index (χ1v) is 11.3. The van der Waals surface area contributed by atoms with Crippen LogP contribution in [0.5, 0.6) is 5.75 Å². The van der Waals surface area contributed by atoms with Crippen molar-refractivity contribution < 1.29 is 28.7 Å². The smallest absolute Gasteiger partial charge is 0.409 e. The lowest BCUT2D eigenvalue weighted by atomic mass is 10.0. The Balaban J connectivity index is 1.31. The molecule has 0 saturated carbocycles. The first-order chi connectivity index (χ1) is 17.5. The Morgan fingerprint density at radius 2 is 2.08 bits per heavy atom. The Morgan fingerprint density at radius 3 is 2.86 bits per heavy atom. The van der Waals surface area contributed by atoms with Crippen LogP contribution in [0.2, 0.25) is 0 Å². The van der Waals surface area contributed by atoms with Crippen molar-refractivity contribution in [3.8, 4) is 17.1 Å². The molecule has 3 aromatic heterocycles. The van der Waals surface area contributed by atoms with E-state index in [0.717, 1.165) is 5.56 Å². The summed E-state index contributed by atoms with van der Waals surface area (Å²) in [6, 6.07) is 8.89. The predicted octanol–water partition coefficient (Wildman–Crippen LogP) is 2.48. The summed E-state index contributed by atoms with van der Waals surface area (Å²) in [5, 5.41) is 15.9. The van der Waals surface area contributed by atoms with Gasteiger partial charge in [-0.15, -0.1) is 0 Å². The molecule has 0 atom stereocenters. The fourth-order valence-electron chi connectivity index (χ4n) is 3.90. The zero-order valence-corrected chi connectivity index (χ0v) is 19.7. The van der Waals surface area contributed by atoms with Crippen molar-refractivity contribution in [2.24, 2.45) is 0 Å². The zero-order chi connectivity index (χ0) is 25.2. The maximum Gasteiger partial charge on any atom is 0.409 e. The van der Waals surface area contributed by atoms with Gasteiger partial charge >= 0.3 is 6.09 Å². The number of nitrogens with zero attached hydrogens (tertiary/aromatic N) is 5. The number of amides is 2. The van der Waals surface area contributed by atoms with Crippen LogP contribution < -0.4 is 10.1 Å². The molecule has 1 aliphatic rings. The van der Waals surface area contributed by atoms with Crippen molar-refractivity contribution in [2.75, 3.05) is 38.7 Å². The number of aryl methyl sites for hydroxylation is 1. The average Bonchev–Trinajstić information content (AvgIpc) is 3.50. The van der Waals surface area contributed by atoms with Gasteiger partial charge in [-0.3, -0.25) is 9.20 Å². The molecule has 12 nitrogen and oxygen atoms in total. The summed E-state index contributed by atoms with van der Waals surface area (Å²) in [7, 11) is 1.34. The molecule has 2 amide bonds. The van der Waals surface area contributed by atoms with E-state index in [0.29, 0.717) is 53.1 Å². The number of aliphatic hydroxyl groups is 1. The van der Waals surface area contributed by atoms with E-state index in [4.69, 9.17) is 19.1 Å². The van der Waals surface area contributed by atoms with Crippen LogP contribution in [0.3, 0.4) is 0 Å². The van der Waals surface area contributed by atoms with Gasteiger partial charge in [-0.05, 0) is 24.6 Å². The molecule has 36 heavy (non-hydrogen) atoms. The number of aliphatic hydroxyl groups excluding tert-OH is 1. The minimum absolute atomic E-state index is 0.0420. The summed E-state index contributed by atoms with van der Waals surface area (Å²) in [4.78, 5) is 34.9. The maximum absolute atomic E-state index is 13.1. The largest absolute Gasteiger partial charge is 0.491 e. The Kier molecular flexibility index (Phi) is 6.25. The summed E-state index contributed by atoms with van der Waals surface area (Å²) >= 11 is 0. The van der Waals surface area contributed by atoms with E-state index in [1.165, 1.54) is 13.3 Å². The van der Waals surface area contributed by atoms with Crippen LogP contribution >= 0.6 is 0 Å². The van der Waals surface area contributed by atoms with Crippen molar-refractivity contribution in [1.29, 1.82) is 0 Å². The summed E-state index contributed by atoms with van der Waals surface area (Å²) in [5.41, 5.74) is 3.03. The third-order valence-corrected chi connectivity index (χ3v) is 5.93. The van der Waals surface area contributed by atoms with Gasteiger partial charge in [0.2, 0.25) is 11.7 Å². The first kappa shape index (κ1) is 23.3. The molecule has 2 N–H and O–H groups in total. The van der Waals surface area contributed by atoms with Gasteiger partial charge in [0.1, 0.15) is 23.7 Å². The third kappa shape index (κ3) is 4.45. The highest BCUT2D eigenvalue weighted by Crippen LogP contribution is 2.29. The van der Waals surface area contributed by atoms with Crippen LogP contribution in [-0.4, -0.2) is 74.9 Å². The number of pyridine rings is 1. The molecule has 1 saturated heterocycles. The number of rotatable bonds is 7. The molecule has 0 radical (unpaired) electrons. The number of methoxy groups -OCH3 is 1. The van der Waals surface area contributed by atoms with E-state index in [-0.39, 0.29) is 31.1 Å². The van der Waals surface area contributed by atoms with Crippen molar-refractivity contribution in [2.45, 2.75) is 12.8 Å². The van der Waals surface area contributed by atoms with Crippen LogP contribution in [0, 0.1) is 6.92 Å². The third-order valence-electron chi connectivity index (χ3n) is 5.93. The van der Waals surface area contributed by atoms with E-state index < -0.39 is 0 Å². The molecule has 4 aromatic rings. The minimum atomic E-state index is -0.383. The van der Waals surface area contributed by atoms with Crippen LogP contribution in [0.1, 0.15) is 27.9 Å². The SMILES string of the molecule is COC(=O)N1CC(c2nc(-c3ccc(C)c(NC(=O)c4cnc5cc(OCCO)ccn45)c3)no2)C1.